The summed E-state index contributed by atoms with van der Waals surface area (Å²) in [5.41, 5.74) is 0.324. The molecule has 0 saturated carbocycles. The third kappa shape index (κ3) is 3.41. The lowest BCUT2D eigenvalue weighted by atomic mass is 10.1. The van der Waals surface area contributed by atoms with Gasteiger partial charge in [-0.2, -0.15) is 0 Å². The summed E-state index contributed by atoms with van der Waals surface area (Å²) in [5.74, 6) is -0.333. The predicted molar refractivity (Wildman–Crippen MR) is 83.6 cm³/mol. The van der Waals surface area contributed by atoms with Crippen molar-refractivity contribution in [1.29, 1.82) is 0 Å². The van der Waals surface area contributed by atoms with Gasteiger partial charge in [-0.1, -0.05) is 17.8 Å². The fraction of sp³-hybridized carbons (Fsp3) is 0.400. The summed E-state index contributed by atoms with van der Waals surface area (Å²) in [6, 6.07) is 4.66. The zero-order chi connectivity index (χ0) is 16.3. The molecule has 0 aliphatic carbocycles. The van der Waals surface area contributed by atoms with Gasteiger partial charge in [0.05, 0.1) is 12.7 Å². The van der Waals surface area contributed by atoms with Gasteiger partial charge in [0.25, 0.3) is 0 Å². The Morgan fingerprint density at radius 3 is 2.77 bits per heavy atom. The van der Waals surface area contributed by atoms with E-state index in [0.717, 1.165) is 0 Å². The molecule has 1 heterocycles. The van der Waals surface area contributed by atoms with Crippen molar-refractivity contribution in [2.45, 2.75) is 13.3 Å². The molecule has 1 amide bonds. The second kappa shape index (κ2) is 6.83. The summed E-state index contributed by atoms with van der Waals surface area (Å²) >= 11 is 1.18. The summed E-state index contributed by atoms with van der Waals surface area (Å²) in [6.45, 7) is 1.88. The fourth-order valence-corrected chi connectivity index (χ4v) is 3.18. The van der Waals surface area contributed by atoms with Crippen LogP contribution in [0.4, 0.5) is 5.69 Å². The van der Waals surface area contributed by atoms with Crippen LogP contribution in [0.5, 0.6) is 5.75 Å². The summed E-state index contributed by atoms with van der Waals surface area (Å²) in [5, 5.41) is 9.34. The molecule has 0 aromatic heterocycles. The Bertz CT molecular complexity index is 616. The van der Waals surface area contributed by atoms with Gasteiger partial charge in [0, 0.05) is 25.6 Å². The van der Waals surface area contributed by atoms with E-state index in [9.17, 15) is 19.5 Å². The van der Waals surface area contributed by atoms with Gasteiger partial charge in [0.1, 0.15) is 11.4 Å². The van der Waals surface area contributed by atoms with Crippen molar-refractivity contribution in [3.05, 3.63) is 23.8 Å². The number of para-hydroxylation sites is 1. The number of aromatic carboxylic acids is 1. The van der Waals surface area contributed by atoms with Crippen LogP contribution in [-0.4, -0.2) is 41.5 Å². The van der Waals surface area contributed by atoms with Crippen LogP contribution in [0.3, 0.4) is 0 Å². The first-order valence-corrected chi connectivity index (χ1v) is 7.76. The van der Waals surface area contributed by atoms with Gasteiger partial charge < -0.3 is 14.7 Å². The molecule has 1 aromatic carbocycles. The maximum Gasteiger partial charge on any atom is 0.337 e. The fourth-order valence-electron chi connectivity index (χ4n) is 2.48. The number of benzene rings is 1. The number of anilines is 1. The standard InChI is InChI=1S/C15H17NO5S/c1-9(17)22-8-10-6-13(18)16(7-10)14-11(15(19)20)4-3-5-12(14)21-2/h3-5,10H,6-8H2,1-2H3,(H,19,20). The zero-order valence-electron chi connectivity index (χ0n) is 12.4. The predicted octanol–water partition coefficient (Wildman–Crippen LogP) is 2.03. The highest BCUT2D eigenvalue weighted by atomic mass is 32.2. The van der Waals surface area contributed by atoms with Gasteiger partial charge in [-0.25, -0.2) is 4.79 Å². The van der Waals surface area contributed by atoms with Crippen molar-refractivity contribution in [3.63, 3.8) is 0 Å². The van der Waals surface area contributed by atoms with Gasteiger partial charge in [-0.3, -0.25) is 9.59 Å². The van der Waals surface area contributed by atoms with Crippen LogP contribution < -0.4 is 9.64 Å². The molecule has 2 rings (SSSR count). The molecule has 0 spiro atoms. The SMILES string of the molecule is COc1cccc(C(=O)O)c1N1CC(CSC(C)=O)CC1=O. The quantitative estimate of drug-likeness (QED) is 0.892. The van der Waals surface area contributed by atoms with E-state index in [0.29, 0.717) is 24.5 Å². The summed E-state index contributed by atoms with van der Waals surface area (Å²) < 4.78 is 5.21. The number of thioether (sulfide) groups is 1. The normalized spacial score (nSPS) is 17.6. The number of carbonyl (C=O) groups is 3. The Hall–Kier alpha value is -2.02. The number of amides is 1. The first-order chi connectivity index (χ1) is 10.4. The van der Waals surface area contributed by atoms with Crippen molar-refractivity contribution in [1.82, 2.24) is 0 Å². The number of carboxylic acid groups (broad SMARTS) is 1. The Kier molecular flexibility index (Phi) is 5.07. The molecule has 1 unspecified atom stereocenters. The van der Waals surface area contributed by atoms with Crippen LogP contribution in [0.2, 0.25) is 0 Å². The average molecular weight is 323 g/mol. The van der Waals surface area contributed by atoms with Crippen molar-refractivity contribution < 1.29 is 24.2 Å². The smallest absolute Gasteiger partial charge is 0.337 e. The Morgan fingerprint density at radius 1 is 1.45 bits per heavy atom. The Balaban J connectivity index is 2.29. The van der Waals surface area contributed by atoms with Gasteiger partial charge >= 0.3 is 5.97 Å². The minimum Gasteiger partial charge on any atom is -0.495 e. The van der Waals surface area contributed by atoms with E-state index in [2.05, 4.69) is 0 Å². The van der Waals surface area contributed by atoms with Crippen molar-refractivity contribution in [3.8, 4) is 5.75 Å². The second-order valence-electron chi connectivity index (χ2n) is 5.04. The van der Waals surface area contributed by atoms with Gasteiger partial charge in [-0.05, 0) is 18.1 Å². The molecule has 1 fully saturated rings. The van der Waals surface area contributed by atoms with Gasteiger partial charge in [-0.15, -0.1) is 0 Å². The molecule has 6 nitrogen and oxygen atoms in total. The van der Waals surface area contributed by atoms with Crippen LogP contribution in [0.1, 0.15) is 23.7 Å². The monoisotopic (exact) mass is 323 g/mol. The first kappa shape index (κ1) is 16.4. The number of hydrogen-bond donors (Lipinski definition) is 1. The molecule has 22 heavy (non-hydrogen) atoms. The zero-order valence-corrected chi connectivity index (χ0v) is 13.2. The maximum atomic E-state index is 12.3. The molecule has 1 aromatic rings. The summed E-state index contributed by atoms with van der Waals surface area (Å²) in [7, 11) is 1.44. The first-order valence-electron chi connectivity index (χ1n) is 6.78. The number of rotatable bonds is 5. The van der Waals surface area contributed by atoms with E-state index in [1.54, 1.807) is 12.1 Å². The average Bonchev–Trinajstić information content (AvgIpc) is 2.84. The van der Waals surface area contributed by atoms with Crippen LogP contribution >= 0.6 is 11.8 Å². The number of ether oxygens (including phenoxy) is 1. The Labute approximate surface area is 132 Å². The minimum atomic E-state index is -1.11. The highest BCUT2D eigenvalue weighted by molar-refractivity contribution is 8.13. The molecule has 7 heteroatoms. The van der Waals surface area contributed by atoms with Crippen molar-refractivity contribution >= 4 is 34.4 Å². The van der Waals surface area contributed by atoms with E-state index < -0.39 is 5.97 Å². The third-order valence-electron chi connectivity index (χ3n) is 3.45. The number of nitrogens with zero attached hydrogens (tertiary/aromatic N) is 1. The minimum absolute atomic E-state index is 0.00872. The second-order valence-corrected chi connectivity index (χ2v) is 6.24. The molecular formula is C15H17NO5S. The van der Waals surface area contributed by atoms with Crippen LogP contribution in [-0.2, 0) is 9.59 Å². The highest BCUT2D eigenvalue weighted by Crippen LogP contribution is 2.36. The van der Waals surface area contributed by atoms with Gasteiger partial charge in [0.15, 0.2) is 5.12 Å². The topological polar surface area (TPSA) is 83.9 Å². The van der Waals surface area contributed by atoms with Crippen molar-refractivity contribution in [2.24, 2.45) is 5.92 Å². The molecule has 118 valence electrons. The number of carboxylic acids is 1. The lowest BCUT2D eigenvalue weighted by Gasteiger charge is -2.21. The van der Waals surface area contributed by atoms with Gasteiger partial charge in [0.2, 0.25) is 5.91 Å². The van der Waals surface area contributed by atoms with E-state index in [4.69, 9.17) is 4.74 Å². The van der Waals surface area contributed by atoms with E-state index in [1.807, 2.05) is 0 Å². The third-order valence-corrected chi connectivity index (χ3v) is 4.49. The Morgan fingerprint density at radius 2 is 2.18 bits per heavy atom. The molecule has 1 aliphatic rings. The molecule has 1 saturated heterocycles. The van der Waals surface area contributed by atoms with E-state index in [1.165, 1.54) is 36.8 Å². The number of hydrogen-bond acceptors (Lipinski definition) is 5. The van der Waals surface area contributed by atoms with Crippen LogP contribution in [0.25, 0.3) is 0 Å². The van der Waals surface area contributed by atoms with E-state index >= 15 is 0 Å². The molecule has 1 aliphatic heterocycles. The van der Waals surface area contributed by atoms with Crippen molar-refractivity contribution in [2.75, 3.05) is 24.3 Å². The molecule has 0 radical (unpaired) electrons. The van der Waals surface area contributed by atoms with Crippen LogP contribution in [0.15, 0.2) is 18.2 Å². The molecule has 1 N–H and O–H groups in total. The summed E-state index contributed by atoms with van der Waals surface area (Å²) in [6.07, 6.45) is 0.303. The largest absolute Gasteiger partial charge is 0.495 e. The molecule has 1 atom stereocenters. The van der Waals surface area contributed by atoms with Crippen LogP contribution in [0, 0.1) is 5.92 Å². The lowest BCUT2D eigenvalue weighted by Crippen LogP contribution is -2.27. The summed E-state index contributed by atoms with van der Waals surface area (Å²) in [4.78, 5) is 36.2. The number of methoxy groups -OCH3 is 1. The molecule has 0 bridgehead atoms. The number of carbonyl (C=O) groups excluding carboxylic acids is 2. The molecular weight excluding hydrogens is 306 g/mol. The lowest BCUT2D eigenvalue weighted by molar-refractivity contribution is -0.117. The maximum absolute atomic E-state index is 12.3. The van der Waals surface area contributed by atoms with E-state index in [-0.39, 0.29) is 28.2 Å². The highest BCUT2D eigenvalue weighted by Gasteiger charge is 2.34.